The normalized spacial score (nSPS) is 4.24. The summed E-state index contributed by atoms with van der Waals surface area (Å²) in [6, 6.07) is 0. The fourth-order valence-electron chi connectivity index (χ4n) is 0. The van der Waals surface area contributed by atoms with Crippen molar-refractivity contribution in [1.82, 2.24) is 0 Å². The minimum Gasteiger partial charge on any atom is -0.457 e. The van der Waals surface area contributed by atoms with Gasteiger partial charge in [0.15, 0.2) is 0 Å². The first-order valence-electron chi connectivity index (χ1n) is 1.64. The van der Waals surface area contributed by atoms with Gasteiger partial charge in [-0.25, -0.2) is 0 Å². The van der Waals surface area contributed by atoms with Crippen molar-refractivity contribution in [3.63, 3.8) is 0 Å². The molecule has 0 amide bonds. The molecule has 0 saturated heterocycles. The molecule has 0 atom stereocenters. The van der Waals surface area contributed by atoms with Gasteiger partial charge >= 0.3 is 17.1 Å². The van der Waals surface area contributed by atoms with Crippen LogP contribution in [0.3, 0.4) is 0 Å². The van der Waals surface area contributed by atoms with E-state index in [1.807, 2.05) is 0 Å². The predicted molar refractivity (Wildman–Crippen MR) is 49.3 cm³/mol. The standard InChI is InChI=1S/Fe.3NO3.4H2O/c;3*2-1(3)4;;;;/h;;;;4*1H2/q+3;3*-1;;;;/p+3. The maximum Gasteiger partial charge on any atom is 3.00 e. The Labute approximate surface area is 101 Å². The van der Waals surface area contributed by atoms with E-state index < -0.39 is 15.3 Å². The van der Waals surface area contributed by atoms with Crippen LogP contribution >= 0.6 is 0 Å². The van der Waals surface area contributed by atoms with Crippen molar-refractivity contribution in [2.75, 3.05) is 0 Å². The number of hydrogen-bond donors (Lipinski definition) is 0. The van der Waals surface area contributed by atoms with Crippen LogP contribution in [0, 0.1) is 46.0 Å². The first-order chi connectivity index (χ1) is 5.20. The molecular formula is H11FeN3O13+3. The van der Waals surface area contributed by atoms with E-state index >= 15 is 0 Å². The van der Waals surface area contributed by atoms with E-state index in [4.69, 9.17) is 46.0 Å². The second-order valence-corrected chi connectivity index (χ2v) is 0.671. The van der Waals surface area contributed by atoms with Gasteiger partial charge in [-0.2, -0.15) is 0 Å². The number of hydrogen-bond acceptors (Lipinski definition) is 9. The van der Waals surface area contributed by atoms with Gasteiger partial charge in [0.25, 0.3) is 0 Å². The molecule has 0 bridgehead atoms. The van der Waals surface area contributed by atoms with Gasteiger partial charge in [-0.05, 0) is 0 Å². The van der Waals surface area contributed by atoms with Crippen LogP contribution in [0.5, 0.6) is 0 Å². The first-order valence-corrected chi connectivity index (χ1v) is 1.64. The third-order valence-corrected chi connectivity index (χ3v) is 0. The minimum absolute atomic E-state index is 0. The summed E-state index contributed by atoms with van der Waals surface area (Å²) >= 11 is 0. The Balaban J connectivity index is -0.0000000104. The maximum absolute atomic E-state index is 8.25. The van der Waals surface area contributed by atoms with Crippen molar-refractivity contribution in [2.24, 2.45) is 0 Å². The summed E-state index contributed by atoms with van der Waals surface area (Å²) in [5.74, 6) is 0. The fourth-order valence-corrected chi connectivity index (χ4v) is 0. The third-order valence-electron chi connectivity index (χ3n) is 0. The van der Waals surface area contributed by atoms with Crippen molar-refractivity contribution < 1.29 is 54.2 Å². The Kier molecular flexibility index (Phi) is 171. The Morgan fingerprint density at radius 2 is 0.529 bits per heavy atom. The topological polar surface area (TPSA) is 329 Å². The van der Waals surface area contributed by atoms with E-state index in [-0.39, 0.29) is 39.0 Å². The molecule has 17 heavy (non-hydrogen) atoms. The van der Waals surface area contributed by atoms with Crippen molar-refractivity contribution >= 4 is 0 Å². The molecule has 0 spiro atoms. The summed E-state index contributed by atoms with van der Waals surface area (Å²) in [5, 5.41) is 44.2. The van der Waals surface area contributed by atoms with Gasteiger partial charge in [-0.1, -0.05) is 0 Å². The predicted octanol–water partition coefficient (Wildman–Crippen LogP) is -4.31. The van der Waals surface area contributed by atoms with Gasteiger partial charge in [0, 0.05) is 0 Å². The van der Waals surface area contributed by atoms with E-state index in [9.17, 15) is 0 Å². The van der Waals surface area contributed by atoms with E-state index in [1.54, 1.807) is 0 Å². The molecule has 0 aliphatic rings. The van der Waals surface area contributed by atoms with Crippen LogP contribution in [0.2, 0.25) is 0 Å². The average molecular weight is 317 g/mol. The molecular weight excluding hydrogens is 306 g/mol. The molecule has 0 aromatic rings. The van der Waals surface area contributed by atoms with E-state index in [2.05, 4.69) is 0 Å². The van der Waals surface area contributed by atoms with Crippen LogP contribution in [-0.4, -0.2) is 20.7 Å². The molecule has 0 aliphatic heterocycles. The average Bonchev–Trinajstić information content (AvgIpc) is 1.54. The van der Waals surface area contributed by atoms with Crippen LogP contribution in [-0.2, 0) is 33.5 Å². The molecule has 0 aromatic carbocycles. The molecule has 0 heterocycles. The molecule has 109 valence electrons. The van der Waals surface area contributed by atoms with E-state index in [0.717, 1.165) is 0 Å². The van der Waals surface area contributed by atoms with Crippen LogP contribution < -0.4 is 0 Å². The fraction of sp³-hybridized carbons (Fsp3) is 0. The van der Waals surface area contributed by atoms with E-state index in [0.29, 0.717) is 0 Å². The smallest absolute Gasteiger partial charge is 0.457 e. The molecule has 11 N–H and O–H groups in total. The quantitative estimate of drug-likeness (QED) is 0.180. The Morgan fingerprint density at radius 1 is 0.529 bits per heavy atom. The summed E-state index contributed by atoms with van der Waals surface area (Å²) in [7, 11) is 0. The SMILES string of the molecule is O.O=[N+]([O-])[O-].O=[N+]([O-])[O-].O=[N+]([O-])[O-].[Fe+3].[OH3+].[OH3+].[OH3+]. The van der Waals surface area contributed by atoms with Crippen molar-refractivity contribution in [2.45, 2.75) is 0 Å². The maximum atomic E-state index is 8.25. The molecule has 17 heteroatoms. The molecule has 0 unspecified atom stereocenters. The Hall–Kier alpha value is -2.04. The molecule has 0 saturated carbocycles. The van der Waals surface area contributed by atoms with E-state index in [1.165, 1.54) is 0 Å². The zero-order valence-electron chi connectivity index (χ0n) is 7.60. The molecule has 1 radical (unpaired) electrons. The number of rotatable bonds is 0. The summed E-state index contributed by atoms with van der Waals surface area (Å²) in [5.41, 5.74) is 0. The second kappa shape index (κ2) is 48.4. The molecule has 0 aromatic heterocycles. The van der Waals surface area contributed by atoms with Gasteiger partial charge in [-0.3, -0.25) is 0 Å². The second-order valence-electron chi connectivity index (χ2n) is 0.671. The van der Waals surface area contributed by atoms with Gasteiger partial charge in [0.2, 0.25) is 0 Å². The molecule has 0 fully saturated rings. The van der Waals surface area contributed by atoms with Crippen LogP contribution in [0.25, 0.3) is 0 Å². The van der Waals surface area contributed by atoms with Gasteiger partial charge in [-0.15, -0.1) is 0 Å². The van der Waals surface area contributed by atoms with Gasteiger partial charge < -0.3 is 67.9 Å². The van der Waals surface area contributed by atoms with Crippen LogP contribution in [0.4, 0.5) is 0 Å². The van der Waals surface area contributed by atoms with Crippen LogP contribution in [0.15, 0.2) is 0 Å². The van der Waals surface area contributed by atoms with Crippen molar-refractivity contribution in [1.29, 1.82) is 0 Å². The zero-order chi connectivity index (χ0) is 10.7. The minimum atomic E-state index is -1.75. The summed E-state index contributed by atoms with van der Waals surface area (Å²) in [4.78, 5) is 24.8. The first kappa shape index (κ1) is 60.2. The summed E-state index contributed by atoms with van der Waals surface area (Å²) < 4.78 is 0. The van der Waals surface area contributed by atoms with Crippen molar-refractivity contribution in [3.05, 3.63) is 46.0 Å². The Morgan fingerprint density at radius 3 is 0.529 bits per heavy atom. The number of nitrogens with zero attached hydrogens (tertiary/aromatic N) is 3. The van der Waals surface area contributed by atoms with Gasteiger partial charge in [0.05, 0.1) is 15.3 Å². The van der Waals surface area contributed by atoms with Crippen molar-refractivity contribution in [3.8, 4) is 0 Å². The Bertz CT molecular complexity index is 114. The molecule has 0 rings (SSSR count). The zero-order valence-corrected chi connectivity index (χ0v) is 8.71. The molecule has 16 nitrogen and oxygen atoms in total. The summed E-state index contributed by atoms with van der Waals surface area (Å²) in [6.07, 6.45) is 0. The molecule has 0 aliphatic carbocycles. The monoisotopic (exact) mass is 317 g/mol. The summed E-state index contributed by atoms with van der Waals surface area (Å²) in [6.45, 7) is 0. The largest absolute Gasteiger partial charge is 3.00 e. The third kappa shape index (κ3) is 480. The van der Waals surface area contributed by atoms with Crippen LogP contribution in [0.1, 0.15) is 0 Å². The van der Waals surface area contributed by atoms with Gasteiger partial charge in [0.1, 0.15) is 0 Å².